The Balaban J connectivity index is 3.79. The summed E-state index contributed by atoms with van der Waals surface area (Å²) in [5, 5.41) is 2.02. The van der Waals surface area contributed by atoms with Crippen molar-refractivity contribution in [1.29, 1.82) is 0 Å². The maximum absolute atomic E-state index is 11.6. The van der Waals surface area contributed by atoms with Gasteiger partial charge < -0.3 is 15.8 Å². The van der Waals surface area contributed by atoms with Crippen LogP contribution in [0.3, 0.4) is 0 Å². The van der Waals surface area contributed by atoms with E-state index in [-0.39, 0.29) is 6.42 Å². The monoisotopic (exact) mass is 228 g/mol. The summed E-state index contributed by atoms with van der Waals surface area (Å²) in [4.78, 5) is 21.1. The van der Waals surface area contributed by atoms with Gasteiger partial charge in [-0.25, -0.2) is 4.79 Å². The van der Waals surface area contributed by atoms with E-state index in [9.17, 15) is 22.8 Å². The number of alkyl halides is 3. The molecule has 0 saturated carbocycles. The molecule has 0 fully saturated rings. The molecule has 3 N–H and O–H groups in total. The average Bonchev–Trinajstić information content (AvgIpc) is 1.97. The zero-order valence-corrected chi connectivity index (χ0v) is 7.93. The van der Waals surface area contributed by atoms with Gasteiger partial charge in [0.2, 0.25) is 5.91 Å². The molecule has 0 aliphatic carbocycles. The second-order valence-electron chi connectivity index (χ2n) is 2.91. The molecular weight excluding hydrogens is 217 g/mol. The third-order valence-electron chi connectivity index (χ3n) is 1.24. The Morgan fingerprint density at radius 1 is 1.47 bits per heavy atom. The molecule has 2 amide bonds. The van der Waals surface area contributed by atoms with Crippen LogP contribution in [0, 0.1) is 0 Å². The standard InChI is InChI=1S/C7H11F3N2O3/c1-4(2-5(11)13)12-6(14)15-3-7(8,9)10/h4H,2-3H2,1H3,(H2,11,13)(H,12,14). The van der Waals surface area contributed by atoms with Crippen molar-refractivity contribution in [1.82, 2.24) is 5.32 Å². The minimum absolute atomic E-state index is 0.166. The summed E-state index contributed by atoms with van der Waals surface area (Å²) in [5.74, 6) is -0.668. The lowest BCUT2D eigenvalue weighted by atomic mass is 10.2. The molecule has 0 saturated heterocycles. The number of amides is 2. The topological polar surface area (TPSA) is 81.4 Å². The first-order valence-electron chi connectivity index (χ1n) is 3.99. The number of nitrogens with two attached hydrogens (primary N) is 1. The van der Waals surface area contributed by atoms with Gasteiger partial charge in [0.15, 0.2) is 6.61 Å². The SMILES string of the molecule is CC(CC(N)=O)NC(=O)OCC(F)(F)F. The molecule has 0 aromatic heterocycles. The van der Waals surface area contributed by atoms with Crippen molar-refractivity contribution >= 4 is 12.0 Å². The Labute approximate surface area is 83.8 Å². The fraction of sp³-hybridized carbons (Fsp3) is 0.714. The maximum Gasteiger partial charge on any atom is 0.422 e. The molecule has 1 atom stereocenters. The highest BCUT2D eigenvalue weighted by atomic mass is 19.4. The minimum Gasteiger partial charge on any atom is -0.440 e. The molecule has 5 nitrogen and oxygen atoms in total. The van der Waals surface area contributed by atoms with Crippen molar-refractivity contribution < 1.29 is 27.5 Å². The number of carbonyl (C=O) groups is 2. The summed E-state index contributed by atoms with van der Waals surface area (Å²) in [6.45, 7) is -0.248. The van der Waals surface area contributed by atoms with Gasteiger partial charge in [-0.3, -0.25) is 4.79 Å². The number of alkyl carbamates (subject to hydrolysis) is 1. The zero-order valence-electron chi connectivity index (χ0n) is 7.93. The molecule has 88 valence electrons. The van der Waals surface area contributed by atoms with Crippen LogP contribution in [0.5, 0.6) is 0 Å². The summed E-state index contributed by atoms with van der Waals surface area (Å²) in [5.41, 5.74) is 4.80. The molecule has 8 heteroatoms. The van der Waals surface area contributed by atoms with Gasteiger partial charge in [-0.15, -0.1) is 0 Å². The molecule has 0 heterocycles. The van der Waals surface area contributed by atoms with Gasteiger partial charge in [0, 0.05) is 12.5 Å². The van der Waals surface area contributed by atoms with Gasteiger partial charge in [0.1, 0.15) is 0 Å². The second kappa shape index (κ2) is 5.42. The smallest absolute Gasteiger partial charge is 0.422 e. The Morgan fingerprint density at radius 3 is 2.40 bits per heavy atom. The van der Waals surface area contributed by atoms with E-state index in [4.69, 9.17) is 5.73 Å². The number of carbonyl (C=O) groups excluding carboxylic acids is 2. The van der Waals surface area contributed by atoms with Crippen LogP contribution in [0.1, 0.15) is 13.3 Å². The molecule has 0 aliphatic heterocycles. The predicted octanol–water partition coefficient (Wildman–Crippen LogP) is 0.539. The zero-order chi connectivity index (χ0) is 12.1. The van der Waals surface area contributed by atoms with Gasteiger partial charge in [-0.2, -0.15) is 13.2 Å². The molecule has 0 aliphatic rings. The first kappa shape index (κ1) is 13.5. The Morgan fingerprint density at radius 2 is 2.00 bits per heavy atom. The number of primary amides is 1. The van der Waals surface area contributed by atoms with Gasteiger partial charge in [-0.1, -0.05) is 0 Å². The second-order valence-corrected chi connectivity index (χ2v) is 2.91. The number of rotatable bonds is 4. The average molecular weight is 228 g/mol. The van der Waals surface area contributed by atoms with E-state index in [2.05, 4.69) is 4.74 Å². The highest BCUT2D eigenvalue weighted by Gasteiger charge is 2.29. The van der Waals surface area contributed by atoms with Crippen molar-refractivity contribution in [3.8, 4) is 0 Å². The molecule has 0 rings (SSSR count). The van der Waals surface area contributed by atoms with E-state index in [0.29, 0.717) is 0 Å². The number of nitrogens with one attached hydrogen (secondary N) is 1. The quantitative estimate of drug-likeness (QED) is 0.736. The van der Waals surface area contributed by atoms with E-state index in [1.54, 1.807) is 0 Å². The Bertz CT molecular complexity index is 242. The normalized spacial score (nSPS) is 13.1. The van der Waals surface area contributed by atoms with Gasteiger partial charge in [0.25, 0.3) is 0 Å². The molecule has 0 spiro atoms. The minimum atomic E-state index is -4.57. The largest absolute Gasteiger partial charge is 0.440 e. The first-order valence-corrected chi connectivity index (χ1v) is 3.99. The summed E-state index contributed by atoms with van der Waals surface area (Å²) in [6, 6.07) is -0.664. The molecule has 0 aromatic carbocycles. The summed E-state index contributed by atoms with van der Waals surface area (Å²) in [6.07, 6.45) is -5.97. The van der Waals surface area contributed by atoms with Crippen molar-refractivity contribution in [2.75, 3.05) is 6.61 Å². The predicted molar refractivity (Wildman–Crippen MR) is 43.8 cm³/mol. The van der Waals surface area contributed by atoms with Crippen molar-refractivity contribution in [2.24, 2.45) is 5.73 Å². The summed E-state index contributed by atoms with van der Waals surface area (Å²) in [7, 11) is 0. The highest BCUT2D eigenvalue weighted by molar-refractivity contribution is 5.75. The molecular formula is C7H11F3N2O3. The molecule has 15 heavy (non-hydrogen) atoms. The molecule has 0 bridgehead atoms. The van der Waals surface area contributed by atoms with Crippen LogP contribution in [-0.2, 0) is 9.53 Å². The summed E-state index contributed by atoms with van der Waals surface area (Å²) >= 11 is 0. The lowest BCUT2D eigenvalue weighted by Crippen LogP contribution is -2.37. The lowest BCUT2D eigenvalue weighted by Gasteiger charge is -2.13. The van der Waals surface area contributed by atoms with Crippen LogP contribution in [0.4, 0.5) is 18.0 Å². The van der Waals surface area contributed by atoms with Gasteiger partial charge in [-0.05, 0) is 6.92 Å². The third kappa shape index (κ3) is 8.85. The lowest BCUT2D eigenvalue weighted by molar-refractivity contribution is -0.160. The molecule has 0 aromatic rings. The fourth-order valence-corrected chi connectivity index (χ4v) is 0.743. The van der Waals surface area contributed by atoms with Crippen LogP contribution in [0.25, 0.3) is 0 Å². The maximum atomic E-state index is 11.6. The van der Waals surface area contributed by atoms with Gasteiger partial charge in [0.05, 0.1) is 0 Å². The van der Waals surface area contributed by atoms with Crippen molar-refractivity contribution in [2.45, 2.75) is 25.6 Å². The molecule has 1 unspecified atom stereocenters. The van der Waals surface area contributed by atoms with E-state index >= 15 is 0 Å². The Hall–Kier alpha value is -1.47. The van der Waals surface area contributed by atoms with E-state index in [1.165, 1.54) is 6.92 Å². The first-order chi connectivity index (χ1) is 6.70. The summed E-state index contributed by atoms with van der Waals surface area (Å²) < 4.78 is 38.6. The number of hydrogen-bond acceptors (Lipinski definition) is 3. The van der Waals surface area contributed by atoms with Crippen LogP contribution in [0.15, 0.2) is 0 Å². The molecule has 0 radical (unpaired) electrons. The van der Waals surface area contributed by atoms with E-state index < -0.39 is 30.8 Å². The van der Waals surface area contributed by atoms with Crippen LogP contribution >= 0.6 is 0 Å². The van der Waals surface area contributed by atoms with Gasteiger partial charge >= 0.3 is 12.3 Å². The number of ether oxygens (including phenoxy) is 1. The highest BCUT2D eigenvalue weighted by Crippen LogP contribution is 2.14. The third-order valence-corrected chi connectivity index (χ3v) is 1.24. The van der Waals surface area contributed by atoms with Crippen LogP contribution in [-0.4, -0.2) is 30.8 Å². The van der Waals surface area contributed by atoms with Crippen molar-refractivity contribution in [3.05, 3.63) is 0 Å². The number of hydrogen-bond donors (Lipinski definition) is 2. The van der Waals surface area contributed by atoms with E-state index in [1.807, 2.05) is 5.32 Å². The fourth-order valence-electron chi connectivity index (χ4n) is 0.743. The van der Waals surface area contributed by atoms with E-state index in [0.717, 1.165) is 0 Å². The Kier molecular flexibility index (Phi) is 4.89. The number of halogens is 3. The van der Waals surface area contributed by atoms with Crippen molar-refractivity contribution in [3.63, 3.8) is 0 Å². The van der Waals surface area contributed by atoms with Crippen LogP contribution in [0.2, 0.25) is 0 Å². The van der Waals surface area contributed by atoms with Crippen LogP contribution < -0.4 is 11.1 Å².